The lowest BCUT2D eigenvalue weighted by Crippen LogP contribution is -2.14. The average molecular weight is 297 g/mol. The number of nitro groups is 1. The monoisotopic (exact) mass is 296 g/mol. The molecule has 1 aromatic carbocycles. The molecule has 0 aliphatic rings. The molecule has 1 heterocycles. The van der Waals surface area contributed by atoms with Crippen molar-refractivity contribution in [1.29, 1.82) is 0 Å². The summed E-state index contributed by atoms with van der Waals surface area (Å²) in [5.74, 6) is 0. The molecule has 0 bridgehead atoms. The Labute approximate surface area is 120 Å². The van der Waals surface area contributed by atoms with Crippen LogP contribution in [0.5, 0.6) is 0 Å². The first-order valence-corrected chi connectivity index (χ1v) is 7.06. The maximum Gasteiger partial charge on any atom is 0.275 e. The highest BCUT2D eigenvalue weighted by atomic mass is 35.5. The molecule has 0 saturated carbocycles. The molecule has 0 amide bonds. The summed E-state index contributed by atoms with van der Waals surface area (Å²) in [6, 6.07) is 4.73. The number of hydrogen-bond acceptors (Lipinski definition) is 4. The van der Waals surface area contributed by atoms with E-state index in [0.717, 1.165) is 0 Å². The number of nitro benzene ring substituents is 1. The van der Waals surface area contributed by atoms with Gasteiger partial charge < -0.3 is 5.32 Å². The number of halogens is 1. The molecule has 0 aliphatic heterocycles. The number of hydrogen-bond donors (Lipinski definition) is 1. The van der Waals surface area contributed by atoms with Gasteiger partial charge in [-0.3, -0.25) is 10.1 Å². The standard InChI is InChI=1S/C13H13ClN2O2S/c1-9-7-19-8-10(9)5-15-6-11-12(14)3-2-4-13(11)16(17)18/h2-4,7-8,15H,5-6H2,1H3. The third-order valence-electron chi connectivity index (χ3n) is 2.87. The van der Waals surface area contributed by atoms with Crippen molar-refractivity contribution in [3.63, 3.8) is 0 Å². The highest BCUT2D eigenvalue weighted by molar-refractivity contribution is 7.08. The van der Waals surface area contributed by atoms with Crippen LogP contribution in [0.15, 0.2) is 29.0 Å². The van der Waals surface area contributed by atoms with Gasteiger partial charge in [0, 0.05) is 19.2 Å². The van der Waals surface area contributed by atoms with Crippen LogP contribution in [0.2, 0.25) is 5.02 Å². The maximum absolute atomic E-state index is 10.9. The Morgan fingerprint density at radius 2 is 2.16 bits per heavy atom. The van der Waals surface area contributed by atoms with E-state index in [9.17, 15) is 10.1 Å². The highest BCUT2D eigenvalue weighted by Gasteiger charge is 2.15. The molecule has 0 saturated heterocycles. The number of aryl methyl sites for hydroxylation is 1. The van der Waals surface area contributed by atoms with E-state index >= 15 is 0 Å². The van der Waals surface area contributed by atoms with Gasteiger partial charge in [-0.2, -0.15) is 11.3 Å². The minimum atomic E-state index is -0.404. The third-order valence-corrected chi connectivity index (χ3v) is 4.13. The molecular weight excluding hydrogens is 284 g/mol. The molecule has 1 N–H and O–H groups in total. The van der Waals surface area contributed by atoms with Crippen LogP contribution >= 0.6 is 22.9 Å². The fraction of sp³-hybridized carbons (Fsp3) is 0.231. The number of nitrogens with one attached hydrogen (secondary N) is 1. The van der Waals surface area contributed by atoms with E-state index in [1.54, 1.807) is 23.5 Å². The Morgan fingerprint density at radius 1 is 1.37 bits per heavy atom. The Morgan fingerprint density at radius 3 is 2.79 bits per heavy atom. The minimum absolute atomic E-state index is 0.0574. The summed E-state index contributed by atoms with van der Waals surface area (Å²) < 4.78 is 0. The van der Waals surface area contributed by atoms with Gasteiger partial charge >= 0.3 is 0 Å². The van der Waals surface area contributed by atoms with Gasteiger partial charge in [-0.15, -0.1) is 0 Å². The molecule has 0 atom stereocenters. The molecule has 2 rings (SSSR count). The second-order valence-electron chi connectivity index (χ2n) is 4.18. The zero-order valence-electron chi connectivity index (χ0n) is 10.4. The fourth-order valence-electron chi connectivity index (χ4n) is 1.78. The van der Waals surface area contributed by atoms with Crippen molar-refractivity contribution in [1.82, 2.24) is 5.32 Å². The van der Waals surface area contributed by atoms with Crippen LogP contribution in [0.4, 0.5) is 5.69 Å². The Hall–Kier alpha value is -1.43. The predicted octanol–water partition coefficient (Wildman–Crippen LogP) is 3.91. The zero-order valence-corrected chi connectivity index (χ0v) is 11.9. The average Bonchev–Trinajstić information content (AvgIpc) is 2.77. The summed E-state index contributed by atoms with van der Waals surface area (Å²) >= 11 is 7.67. The minimum Gasteiger partial charge on any atom is -0.308 e. The maximum atomic E-state index is 10.9. The molecular formula is C13H13ClN2O2S. The van der Waals surface area contributed by atoms with E-state index < -0.39 is 4.92 Å². The van der Waals surface area contributed by atoms with Gasteiger partial charge in [0.25, 0.3) is 5.69 Å². The van der Waals surface area contributed by atoms with Gasteiger partial charge in [0.15, 0.2) is 0 Å². The van der Waals surface area contributed by atoms with Gasteiger partial charge in [-0.05, 0) is 34.9 Å². The van der Waals surface area contributed by atoms with Gasteiger partial charge in [-0.1, -0.05) is 17.7 Å². The Balaban J connectivity index is 2.07. The summed E-state index contributed by atoms with van der Waals surface area (Å²) in [7, 11) is 0. The second-order valence-corrected chi connectivity index (χ2v) is 5.33. The van der Waals surface area contributed by atoms with Crippen molar-refractivity contribution in [2.75, 3.05) is 0 Å². The van der Waals surface area contributed by atoms with Crippen LogP contribution < -0.4 is 5.32 Å². The molecule has 0 radical (unpaired) electrons. The molecule has 4 nitrogen and oxygen atoms in total. The van der Waals surface area contributed by atoms with E-state index in [1.165, 1.54) is 17.2 Å². The van der Waals surface area contributed by atoms with Crippen molar-refractivity contribution in [2.45, 2.75) is 20.0 Å². The summed E-state index contributed by atoms with van der Waals surface area (Å²) in [5, 5.41) is 18.7. The predicted molar refractivity (Wildman–Crippen MR) is 77.7 cm³/mol. The largest absolute Gasteiger partial charge is 0.308 e. The number of benzene rings is 1. The van der Waals surface area contributed by atoms with Crippen molar-refractivity contribution in [3.05, 3.63) is 60.8 Å². The first-order chi connectivity index (χ1) is 9.09. The van der Waals surface area contributed by atoms with E-state index in [-0.39, 0.29) is 5.69 Å². The molecule has 0 fully saturated rings. The van der Waals surface area contributed by atoms with Crippen LogP contribution in [-0.2, 0) is 13.1 Å². The van der Waals surface area contributed by atoms with Gasteiger partial charge in [0.05, 0.1) is 15.5 Å². The van der Waals surface area contributed by atoms with E-state index in [2.05, 4.69) is 16.1 Å². The smallest absolute Gasteiger partial charge is 0.275 e. The van der Waals surface area contributed by atoms with E-state index in [4.69, 9.17) is 11.6 Å². The summed E-state index contributed by atoms with van der Waals surface area (Å²) in [6.45, 7) is 3.11. The lowest BCUT2D eigenvalue weighted by Gasteiger charge is -2.07. The van der Waals surface area contributed by atoms with E-state index in [1.807, 2.05) is 6.92 Å². The van der Waals surface area contributed by atoms with Gasteiger partial charge in [0.2, 0.25) is 0 Å². The number of nitrogens with zero attached hydrogens (tertiary/aromatic N) is 1. The van der Waals surface area contributed by atoms with Crippen LogP contribution in [-0.4, -0.2) is 4.92 Å². The first-order valence-electron chi connectivity index (χ1n) is 5.73. The van der Waals surface area contributed by atoms with Gasteiger partial charge in [-0.25, -0.2) is 0 Å². The molecule has 2 aromatic rings. The third kappa shape index (κ3) is 3.32. The second kappa shape index (κ2) is 6.14. The lowest BCUT2D eigenvalue weighted by molar-refractivity contribution is -0.385. The molecule has 0 unspecified atom stereocenters. The first kappa shape index (κ1) is 14.0. The molecule has 0 spiro atoms. The van der Waals surface area contributed by atoms with Crippen LogP contribution in [0, 0.1) is 17.0 Å². The molecule has 100 valence electrons. The van der Waals surface area contributed by atoms with Crippen LogP contribution in [0.3, 0.4) is 0 Å². The van der Waals surface area contributed by atoms with Crippen molar-refractivity contribution in [2.24, 2.45) is 0 Å². The Kier molecular flexibility index (Phi) is 4.52. The van der Waals surface area contributed by atoms with Crippen molar-refractivity contribution in [3.8, 4) is 0 Å². The summed E-state index contributed by atoms with van der Waals surface area (Å²) in [6.07, 6.45) is 0. The number of rotatable bonds is 5. The molecule has 6 heteroatoms. The summed E-state index contributed by atoms with van der Waals surface area (Å²) in [4.78, 5) is 10.5. The molecule has 19 heavy (non-hydrogen) atoms. The van der Waals surface area contributed by atoms with Crippen molar-refractivity contribution < 1.29 is 4.92 Å². The fourth-order valence-corrected chi connectivity index (χ4v) is 2.88. The molecule has 1 aromatic heterocycles. The highest BCUT2D eigenvalue weighted by Crippen LogP contribution is 2.26. The van der Waals surface area contributed by atoms with Gasteiger partial charge in [0.1, 0.15) is 0 Å². The summed E-state index contributed by atoms with van der Waals surface area (Å²) in [5.41, 5.74) is 3.02. The molecule has 0 aliphatic carbocycles. The van der Waals surface area contributed by atoms with Crippen molar-refractivity contribution >= 4 is 28.6 Å². The number of thiophene rings is 1. The topological polar surface area (TPSA) is 55.2 Å². The van der Waals surface area contributed by atoms with E-state index in [0.29, 0.717) is 23.7 Å². The Bertz CT molecular complexity index is 598. The lowest BCUT2D eigenvalue weighted by atomic mass is 10.1. The van der Waals surface area contributed by atoms with Crippen LogP contribution in [0.25, 0.3) is 0 Å². The quantitative estimate of drug-likeness (QED) is 0.672. The zero-order chi connectivity index (χ0) is 13.8. The normalized spacial score (nSPS) is 10.6. The SMILES string of the molecule is Cc1cscc1CNCc1c(Cl)cccc1[N+](=O)[O-]. The van der Waals surface area contributed by atoms with Crippen LogP contribution in [0.1, 0.15) is 16.7 Å².